The number of hydrogen-bond donors (Lipinski definition) is 1. The van der Waals surface area contributed by atoms with E-state index in [0.717, 1.165) is 6.07 Å². The number of likely N-dealkylation sites (tertiary alicyclic amines) is 1. The van der Waals surface area contributed by atoms with Crippen LogP contribution < -0.4 is 0 Å². The molecule has 1 aliphatic rings. The van der Waals surface area contributed by atoms with Crippen LogP contribution in [0.4, 0.5) is 13.2 Å². The van der Waals surface area contributed by atoms with Gasteiger partial charge in [-0.15, -0.1) is 0 Å². The summed E-state index contributed by atoms with van der Waals surface area (Å²) in [6, 6.07) is 7.35. The fourth-order valence-electron chi connectivity index (χ4n) is 3.04. The molecule has 3 rings (SSSR count). The van der Waals surface area contributed by atoms with Gasteiger partial charge in [0.1, 0.15) is 0 Å². The molecular formula is C17H15F3N2O2. The number of rotatable bonds is 2. The van der Waals surface area contributed by atoms with Crippen molar-refractivity contribution in [3.63, 3.8) is 0 Å². The molecule has 7 heteroatoms. The van der Waals surface area contributed by atoms with Crippen LogP contribution >= 0.6 is 0 Å². The Bertz CT molecular complexity index is 734. The second-order valence-electron chi connectivity index (χ2n) is 5.68. The Kier molecular flexibility index (Phi) is 4.28. The maximum Gasteiger partial charge on any atom is 0.416 e. The summed E-state index contributed by atoms with van der Waals surface area (Å²) >= 11 is 0. The van der Waals surface area contributed by atoms with Crippen molar-refractivity contribution in [1.29, 1.82) is 0 Å². The number of carbonyl (C=O) groups excluding carboxylic acids is 1. The van der Waals surface area contributed by atoms with E-state index in [2.05, 4.69) is 4.98 Å². The van der Waals surface area contributed by atoms with Crippen molar-refractivity contribution in [3.05, 3.63) is 65.5 Å². The van der Waals surface area contributed by atoms with Crippen molar-refractivity contribution < 1.29 is 23.1 Å². The van der Waals surface area contributed by atoms with Crippen LogP contribution in [-0.2, 0) is 6.18 Å². The molecule has 1 fully saturated rings. The van der Waals surface area contributed by atoms with Gasteiger partial charge in [0.05, 0.1) is 17.7 Å². The quantitative estimate of drug-likeness (QED) is 0.917. The number of hydrogen-bond acceptors (Lipinski definition) is 3. The van der Waals surface area contributed by atoms with Gasteiger partial charge in [0.15, 0.2) is 0 Å². The Hall–Kier alpha value is -2.41. The van der Waals surface area contributed by atoms with Gasteiger partial charge in [-0.1, -0.05) is 18.2 Å². The SMILES string of the molecule is O=C(c1ccncc1)N1CC(O)CC1c1ccccc1C(F)(F)F. The molecular weight excluding hydrogens is 321 g/mol. The monoisotopic (exact) mass is 336 g/mol. The Balaban J connectivity index is 1.99. The molecule has 0 saturated carbocycles. The zero-order valence-electron chi connectivity index (χ0n) is 12.6. The number of amides is 1. The van der Waals surface area contributed by atoms with Gasteiger partial charge < -0.3 is 10.0 Å². The Morgan fingerprint density at radius 2 is 1.83 bits per heavy atom. The average molecular weight is 336 g/mol. The van der Waals surface area contributed by atoms with Crippen LogP contribution in [0.5, 0.6) is 0 Å². The summed E-state index contributed by atoms with van der Waals surface area (Å²) in [5.41, 5.74) is -0.450. The molecule has 24 heavy (non-hydrogen) atoms. The number of nitrogens with zero attached hydrogens (tertiary/aromatic N) is 2. The highest BCUT2D eigenvalue weighted by Crippen LogP contribution is 2.40. The number of aromatic nitrogens is 1. The van der Waals surface area contributed by atoms with Crippen molar-refractivity contribution in [2.75, 3.05) is 6.54 Å². The molecule has 2 unspecified atom stereocenters. The van der Waals surface area contributed by atoms with E-state index in [1.165, 1.54) is 47.6 Å². The largest absolute Gasteiger partial charge is 0.416 e. The number of benzene rings is 1. The summed E-state index contributed by atoms with van der Waals surface area (Å²) in [5, 5.41) is 9.93. The van der Waals surface area contributed by atoms with Gasteiger partial charge in [0.2, 0.25) is 0 Å². The van der Waals surface area contributed by atoms with Crippen molar-refractivity contribution in [2.24, 2.45) is 0 Å². The molecule has 4 nitrogen and oxygen atoms in total. The number of halogens is 3. The standard InChI is InChI=1S/C17H15F3N2O2/c18-17(19,20)14-4-2-1-3-13(14)15-9-12(23)10-22(15)16(24)11-5-7-21-8-6-11/h1-8,12,15,23H,9-10H2. The maximum absolute atomic E-state index is 13.3. The summed E-state index contributed by atoms with van der Waals surface area (Å²) in [6.07, 6.45) is -2.42. The molecule has 1 amide bonds. The molecule has 1 saturated heterocycles. The van der Waals surface area contributed by atoms with Gasteiger partial charge in [-0.25, -0.2) is 0 Å². The van der Waals surface area contributed by atoms with E-state index in [9.17, 15) is 23.1 Å². The second kappa shape index (κ2) is 6.24. The van der Waals surface area contributed by atoms with Crippen molar-refractivity contribution in [3.8, 4) is 0 Å². The smallest absolute Gasteiger partial charge is 0.391 e. The highest BCUT2D eigenvalue weighted by atomic mass is 19.4. The summed E-state index contributed by atoms with van der Waals surface area (Å²) in [4.78, 5) is 17.8. The zero-order chi connectivity index (χ0) is 17.3. The minimum atomic E-state index is -4.52. The molecule has 1 aromatic heterocycles. The molecule has 1 N–H and O–H groups in total. The summed E-state index contributed by atoms with van der Waals surface area (Å²) < 4.78 is 39.8. The van der Waals surface area contributed by atoms with E-state index in [1.807, 2.05) is 0 Å². The molecule has 2 atom stereocenters. The van der Waals surface area contributed by atoms with Crippen LogP contribution in [0.1, 0.15) is 33.9 Å². The van der Waals surface area contributed by atoms with Crippen molar-refractivity contribution in [2.45, 2.75) is 24.7 Å². The van der Waals surface area contributed by atoms with E-state index in [-0.39, 0.29) is 18.5 Å². The van der Waals surface area contributed by atoms with Crippen LogP contribution in [0.3, 0.4) is 0 Å². The van der Waals surface area contributed by atoms with Crippen LogP contribution in [0.25, 0.3) is 0 Å². The van der Waals surface area contributed by atoms with Crippen LogP contribution in [0.2, 0.25) is 0 Å². The maximum atomic E-state index is 13.3. The molecule has 0 spiro atoms. The highest BCUT2D eigenvalue weighted by molar-refractivity contribution is 5.94. The zero-order valence-corrected chi connectivity index (χ0v) is 12.6. The number of pyridine rings is 1. The molecule has 0 aliphatic carbocycles. The lowest BCUT2D eigenvalue weighted by Gasteiger charge is -2.27. The first kappa shape index (κ1) is 16.4. The third-order valence-electron chi connectivity index (χ3n) is 4.09. The van der Waals surface area contributed by atoms with E-state index >= 15 is 0 Å². The van der Waals surface area contributed by atoms with Gasteiger partial charge in [-0.3, -0.25) is 9.78 Å². The topological polar surface area (TPSA) is 53.4 Å². The molecule has 1 aliphatic heterocycles. The predicted molar refractivity (Wildman–Crippen MR) is 80.1 cm³/mol. The fraction of sp³-hybridized carbons (Fsp3) is 0.294. The predicted octanol–water partition coefficient (Wildman–Crippen LogP) is 3.05. The highest BCUT2D eigenvalue weighted by Gasteiger charge is 2.41. The number of aliphatic hydroxyl groups is 1. The summed E-state index contributed by atoms with van der Waals surface area (Å²) in [6.45, 7) is -0.00197. The lowest BCUT2D eigenvalue weighted by molar-refractivity contribution is -0.138. The van der Waals surface area contributed by atoms with Gasteiger partial charge in [0, 0.05) is 24.5 Å². The molecule has 2 aromatic rings. The average Bonchev–Trinajstić information content (AvgIpc) is 2.96. The van der Waals surface area contributed by atoms with Gasteiger partial charge in [-0.05, 0) is 30.2 Å². The lowest BCUT2D eigenvalue weighted by Crippen LogP contribution is -2.32. The van der Waals surface area contributed by atoms with Gasteiger partial charge in [-0.2, -0.15) is 13.2 Å². The Morgan fingerprint density at radius 3 is 2.50 bits per heavy atom. The van der Waals surface area contributed by atoms with Crippen molar-refractivity contribution >= 4 is 5.91 Å². The Morgan fingerprint density at radius 1 is 1.17 bits per heavy atom. The first-order valence-corrected chi connectivity index (χ1v) is 7.43. The molecule has 1 aromatic carbocycles. The minimum absolute atomic E-state index is 0.00197. The molecule has 0 radical (unpaired) electrons. The van der Waals surface area contributed by atoms with Crippen LogP contribution in [0, 0.1) is 0 Å². The molecule has 2 heterocycles. The number of carbonyl (C=O) groups is 1. The molecule has 0 bridgehead atoms. The number of β-amino-alcohol motifs (C(OH)–C–C–N with tert-alkyl or cyclic N) is 1. The van der Waals surface area contributed by atoms with E-state index in [4.69, 9.17) is 0 Å². The van der Waals surface area contributed by atoms with E-state index in [1.54, 1.807) is 0 Å². The first-order valence-electron chi connectivity index (χ1n) is 7.43. The molecule has 126 valence electrons. The first-order chi connectivity index (χ1) is 11.4. The Labute approximate surface area is 136 Å². The normalized spacial score (nSPS) is 21.1. The van der Waals surface area contributed by atoms with Crippen LogP contribution in [-0.4, -0.2) is 33.5 Å². The second-order valence-corrected chi connectivity index (χ2v) is 5.68. The van der Waals surface area contributed by atoms with E-state index < -0.39 is 29.8 Å². The fourth-order valence-corrected chi connectivity index (χ4v) is 3.04. The summed E-state index contributed by atoms with van der Waals surface area (Å²) in [5.74, 6) is -0.420. The van der Waals surface area contributed by atoms with Gasteiger partial charge in [0.25, 0.3) is 5.91 Å². The van der Waals surface area contributed by atoms with Crippen molar-refractivity contribution in [1.82, 2.24) is 9.88 Å². The van der Waals surface area contributed by atoms with Gasteiger partial charge >= 0.3 is 6.18 Å². The van der Waals surface area contributed by atoms with E-state index in [0.29, 0.717) is 5.56 Å². The summed E-state index contributed by atoms with van der Waals surface area (Å²) in [7, 11) is 0. The van der Waals surface area contributed by atoms with Crippen LogP contribution in [0.15, 0.2) is 48.8 Å². The third-order valence-corrected chi connectivity index (χ3v) is 4.09. The minimum Gasteiger partial charge on any atom is -0.391 e. The lowest BCUT2D eigenvalue weighted by atomic mass is 9.97. The number of alkyl halides is 3. The number of aliphatic hydroxyl groups excluding tert-OH is 1. The third kappa shape index (κ3) is 3.12.